The Labute approximate surface area is 96.8 Å². The third-order valence-corrected chi connectivity index (χ3v) is 2.66. The Morgan fingerprint density at radius 2 is 2.06 bits per heavy atom. The highest BCUT2D eigenvalue weighted by molar-refractivity contribution is 5.40. The lowest BCUT2D eigenvalue weighted by molar-refractivity contribution is 0.380. The first-order chi connectivity index (χ1) is 7.60. The molecular formula is C13H20FNO. The molecule has 0 radical (unpaired) electrons. The van der Waals surface area contributed by atoms with Crippen molar-refractivity contribution in [2.24, 2.45) is 0 Å². The molecular weight excluding hydrogens is 205 g/mol. The molecule has 90 valence electrons. The van der Waals surface area contributed by atoms with Crippen LogP contribution in [0.3, 0.4) is 0 Å². The predicted octanol–water partition coefficient (Wildman–Crippen LogP) is 2.72. The number of likely N-dealkylation sites (N-methyl/N-ethyl adjacent to an activating group) is 1. The van der Waals surface area contributed by atoms with Gasteiger partial charge in [0.15, 0.2) is 11.6 Å². The quantitative estimate of drug-likeness (QED) is 0.832. The summed E-state index contributed by atoms with van der Waals surface area (Å²) < 4.78 is 18.9. The number of rotatable bonds is 5. The molecule has 1 rings (SSSR count). The van der Waals surface area contributed by atoms with Crippen LogP contribution in [0.4, 0.5) is 4.39 Å². The average Bonchev–Trinajstić information content (AvgIpc) is 2.25. The van der Waals surface area contributed by atoms with E-state index >= 15 is 0 Å². The average molecular weight is 225 g/mol. The van der Waals surface area contributed by atoms with Crippen molar-refractivity contribution in [3.8, 4) is 5.75 Å². The lowest BCUT2D eigenvalue weighted by Gasteiger charge is -2.13. The maximum absolute atomic E-state index is 13.8. The van der Waals surface area contributed by atoms with Gasteiger partial charge < -0.3 is 10.1 Å². The summed E-state index contributed by atoms with van der Waals surface area (Å²) in [4.78, 5) is 0. The van der Waals surface area contributed by atoms with E-state index in [9.17, 15) is 4.39 Å². The molecule has 0 aromatic heterocycles. The van der Waals surface area contributed by atoms with Crippen LogP contribution in [0.5, 0.6) is 5.75 Å². The van der Waals surface area contributed by atoms with E-state index in [0.29, 0.717) is 11.7 Å². The van der Waals surface area contributed by atoms with Gasteiger partial charge in [0.2, 0.25) is 0 Å². The van der Waals surface area contributed by atoms with Gasteiger partial charge in [-0.15, -0.1) is 0 Å². The van der Waals surface area contributed by atoms with Crippen LogP contribution in [-0.2, 0) is 6.42 Å². The summed E-state index contributed by atoms with van der Waals surface area (Å²) in [7, 11) is 3.39. The summed E-state index contributed by atoms with van der Waals surface area (Å²) in [6.45, 7) is 4.93. The van der Waals surface area contributed by atoms with Gasteiger partial charge in [-0.05, 0) is 43.1 Å². The van der Waals surface area contributed by atoms with E-state index in [0.717, 1.165) is 24.1 Å². The van der Waals surface area contributed by atoms with Crippen LogP contribution in [0, 0.1) is 5.82 Å². The number of benzene rings is 1. The topological polar surface area (TPSA) is 21.3 Å². The molecule has 16 heavy (non-hydrogen) atoms. The van der Waals surface area contributed by atoms with Crippen molar-refractivity contribution in [3.05, 3.63) is 29.1 Å². The van der Waals surface area contributed by atoms with Crippen molar-refractivity contribution >= 4 is 0 Å². The fourth-order valence-electron chi connectivity index (χ4n) is 1.68. The van der Waals surface area contributed by atoms with Crippen molar-refractivity contribution in [1.29, 1.82) is 0 Å². The lowest BCUT2D eigenvalue weighted by atomic mass is 9.98. The highest BCUT2D eigenvalue weighted by Gasteiger charge is 2.12. The maximum Gasteiger partial charge on any atom is 0.165 e. The summed E-state index contributed by atoms with van der Waals surface area (Å²) in [5.74, 6) is 0.438. The molecule has 0 fully saturated rings. The summed E-state index contributed by atoms with van der Waals surface area (Å²) in [5.41, 5.74) is 1.95. The minimum Gasteiger partial charge on any atom is -0.493 e. The molecule has 0 unspecified atom stereocenters. The van der Waals surface area contributed by atoms with Gasteiger partial charge in [0, 0.05) is 0 Å². The highest BCUT2D eigenvalue weighted by Crippen LogP contribution is 2.28. The van der Waals surface area contributed by atoms with Crippen LogP contribution in [0.15, 0.2) is 12.1 Å². The molecule has 2 nitrogen and oxygen atoms in total. The van der Waals surface area contributed by atoms with Gasteiger partial charge in [0.1, 0.15) is 0 Å². The Bertz CT molecular complexity index is 350. The van der Waals surface area contributed by atoms with E-state index in [1.54, 1.807) is 6.07 Å². The summed E-state index contributed by atoms with van der Waals surface area (Å²) in [5, 5.41) is 3.06. The SMILES string of the molecule is CNCCc1cc(C(C)C)cc(F)c1OC. The van der Waals surface area contributed by atoms with Crippen molar-refractivity contribution in [1.82, 2.24) is 5.32 Å². The largest absolute Gasteiger partial charge is 0.493 e. The molecule has 0 saturated heterocycles. The zero-order valence-corrected chi connectivity index (χ0v) is 10.4. The molecule has 0 aliphatic carbocycles. The third kappa shape index (κ3) is 2.95. The Balaban J connectivity index is 3.09. The van der Waals surface area contributed by atoms with E-state index in [2.05, 4.69) is 19.2 Å². The van der Waals surface area contributed by atoms with Gasteiger partial charge in [0.05, 0.1) is 7.11 Å². The Morgan fingerprint density at radius 3 is 2.56 bits per heavy atom. The van der Waals surface area contributed by atoms with E-state index in [1.165, 1.54) is 7.11 Å². The van der Waals surface area contributed by atoms with Crippen LogP contribution in [0.25, 0.3) is 0 Å². The molecule has 1 N–H and O–H groups in total. The molecule has 0 aliphatic rings. The van der Waals surface area contributed by atoms with Crippen molar-refractivity contribution in [3.63, 3.8) is 0 Å². The number of hydrogen-bond acceptors (Lipinski definition) is 2. The van der Waals surface area contributed by atoms with E-state index < -0.39 is 0 Å². The maximum atomic E-state index is 13.8. The van der Waals surface area contributed by atoms with E-state index in [4.69, 9.17) is 4.74 Å². The molecule has 0 heterocycles. The first kappa shape index (κ1) is 13.0. The zero-order valence-electron chi connectivity index (χ0n) is 10.4. The van der Waals surface area contributed by atoms with E-state index in [-0.39, 0.29) is 5.82 Å². The second kappa shape index (κ2) is 5.85. The van der Waals surface area contributed by atoms with Crippen molar-refractivity contribution in [2.75, 3.05) is 20.7 Å². The number of hydrogen-bond donors (Lipinski definition) is 1. The number of nitrogens with one attached hydrogen (secondary N) is 1. The second-order valence-corrected chi connectivity index (χ2v) is 4.20. The van der Waals surface area contributed by atoms with Crippen LogP contribution >= 0.6 is 0 Å². The molecule has 0 bridgehead atoms. The molecule has 0 aliphatic heterocycles. The first-order valence-corrected chi connectivity index (χ1v) is 5.61. The fraction of sp³-hybridized carbons (Fsp3) is 0.538. The summed E-state index contributed by atoms with van der Waals surface area (Å²) in [6.07, 6.45) is 0.775. The third-order valence-electron chi connectivity index (χ3n) is 2.66. The molecule has 3 heteroatoms. The zero-order chi connectivity index (χ0) is 12.1. The van der Waals surface area contributed by atoms with Crippen molar-refractivity contribution in [2.45, 2.75) is 26.2 Å². The van der Waals surface area contributed by atoms with Crippen LogP contribution in [-0.4, -0.2) is 20.7 Å². The Kier molecular flexibility index (Phi) is 4.74. The predicted molar refractivity (Wildman–Crippen MR) is 64.7 cm³/mol. The minimum absolute atomic E-state index is 0.264. The fourth-order valence-corrected chi connectivity index (χ4v) is 1.68. The van der Waals surface area contributed by atoms with Gasteiger partial charge in [0.25, 0.3) is 0 Å². The molecule has 0 spiro atoms. The van der Waals surface area contributed by atoms with Gasteiger partial charge in [-0.2, -0.15) is 0 Å². The van der Waals surface area contributed by atoms with Gasteiger partial charge in [-0.3, -0.25) is 0 Å². The summed E-state index contributed by atoms with van der Waals surface area (Å²) >= 11 is 0. The number of halogens is 1. The molecule has 0 atom stereocenters. The Morgan fingerprint density at radius 1 is 1.38 bits per heavy atom. The number of ether oxygens (including phenoxy) is 1. The second-order valence-electron chi connectivity index (χ2n) is 4.20. The van der Waals surface area contributed by atoms with Gasteiger partial charge in [-0.1, -0.05) is 19.9 Å². The highest BCUT2D eigenvalue weighted by atomic mass is 19.1. The van der Waals surface area contributed by atoms with Crippen LogP contribution < -0.4 is 10.1 Å². The standard InChI is InChI=1S/C13H20FNO/c1-9(2)11-7-10(5-6-15-3)13(16-4)12(14)8-11/h7-9,15H,5-6H2,1-4H3. The monoisotopic (exact) mass is 225 g/mol. The first-order valence-electron chi connectivity index (χ1n) is 5.61. The molecule has 1 aromatic carbocycles. The van der Waals surface area contributed by atoms with Crippen molar-refractivity contribution < 1.29 is 9.13 Å². The van der Waals surface area contributed by atoms with E-state index in [1.807, 2.05) is 13.1 Å². The van der Waals surface area contributed by atoms with Crippen LogP contribution in [0.2, 0.25) is 0 Å². The molecule has 0 saturated carbocycles. The van der Waals surface area contributed by atoms with Crippen LogP contribution in [0.1, 0.15) is 30.9 Å². The number of methoxy groups -OCH3 is 1. The van der Waals surface area contributed by atoms with Gasteiger partial charge in [-0.25, -0.2) is 4.39 Å². The summed E-state index contributed by atoms with van der Waals surface area (Å²) in [6, 6.07) is 3.59. The smallest absolute Gasteiger partial charge is 0.165 e. The Hall–Kier alpha value is -1.09. The molecule has 1 aromatic rings. The minimum atomic E-state index is -0.264. The lowest BCUT2D eigenvalue weighted by Crippen LogP contribution is -2.12. The molecule has 0 amide bonds. The van der Waals surface area contributed by atoms with Gasteiger partial charge >= 0.3 is 0 Å². The normalized spacial score (nSPS) is 10.9.